The van der Waals surface area contributed by atoms with Gasteiger partial charge in [-0.25, -0.2) is 0 Å². The van der Waals surface area contributed by atoms with Gasteiger partial charge in [0.15, 0.2) is 0 Å². The fraction of sp³-hybridized carbons (Fsp3) is 0.435. The molecule has 3 rings (SSSR count). The summed E-state index contributed by atoms with van der Waals surface area (Å²) in [6, 6.07) is 19.3. The third-order valence-corrected chi connectivity index (χ3v) is 5.26. The molecule has 1 aliphatic rings. The van der Waals surface area contributed by atoms with E-state index in [1.807, 2.05) is 12.1 Å². The van der Waals surface area contributed by atoms with E-state index in [9.17, 15) is 0 Å². The summed E-state index contributed by atoms with van der Waals surface area (Å²) in [5, 5.41) is 8.92. The summed E-state index contributed by atoms with van der Waals surface area (Å²) in [6.45, 7) is 6.37. The molecular weight excluding hydrogens is 318 g/mol. The van der Waals surface area contributed by atoms with Crippen LogP contribution in [-0.2, 0) is 6.42 Å². The van der Waals surface area contributed by atoms with Crippen molar-refractivity contribution in [1.82, 2.24) is 0 Å². The van der Waals surface area contributed by atoms with E-state index in [1.165, 1.54) is 49.0 Å². The number of nitriles is 1. The molecule has 0 bridgehead atoms. The smallest absolute Gasteiger partial charge is 0.0991 e. The van der Waals surface area contributed by atoms with Crippen LogP contribution in [0.4, 0.5) is 11.4 Å². The molecule has 1 aliphatic heterocycles. The summed E-state index contributed by atoms with van der Waals surface area (Å²) >= 11 is 0. The molecule has 1 fully saturated rings. The highest BCUT2D eigenvalue weighted by Crippen LogP contribution is 2.22. The van der Waals surface area contributed by atoms with Gasteiger partial charge in [-0.15, -0.1) is 0 Å². The molecule has 0 radical (unpaired) electrons. The first-order valence-electron chi connectivity index (χ1n) is 9.89. The topological polar surface area (TPSA) is 30.3 Å². The number of anilines is 2. The Balaban J connectivity index is 1.50. The molecule has 2 aromatic rings. The summed E-state index contributed by atoms with van der Waals surface area (Å²) in [4.78, 5) is 4.88. The first-order valence-corrected chi connectivity index (χ1v) is 9.89. The fourth-order valence-electron chi connectivity index (χ4n) is 3.60. The second-order valence-corrected chi connectivity index (χ2v) is 7.11. The lowest BCUT2D eigenvalue weighted by atomic mass is 10.1. The Morgan fingerprint density at radius 3 is 1.81 bits per heavy atom. The number of hydrogen-bond donors (Lipinski definition) is 0. The summed E-state index contributed by atoms with van der Waals surface area (Å²) in [7, 11) is 0. The number of nitrogens with zero attached hydrogens (tertiary/aromatic N) is 3. The summed E-state index contributed by atoms with van der Waals surface area (Å²) in [5.41, 5.74) is 4.73. The minimum absolute atomic E-state index is 0.724. The summed E-state index contributed by atoms with van der Waals surface area (Å²) in [5.74, 6) is 0. The second kappa shape index (κ2) is 9.29. The van der Waals surface area contributed by atoms with Gasteiger partial charge in [0.05, 0.1) is 11.6 Å². The lowest BCUT2D eigenvalue weighted by Crippen LogP contribution is -2.46. The molecule has 0 aliphatic carbocycles. The van der Waals surface area contributed by atoms with Crippen LogP contribution in [0.5, 0.6) is 0 Å². The molecule has 0 atom stereocenters. The zero-order valence-corrected chi connectivity index (χ0v) is 15.8. The molecule has 2 aromatic carbocycles. The quantitative estimate of drug-likeness (QED) is 0.660. The van der Waals surface area contributed by atoms with Gasteiger partial charge in [-0.3, -0.25) is 0 Å². The van der Waals surface area contributed by atoms with Crippen molar-refractivity contribution in [1.29, 1.82) is 5.26 Å². The van der Waals surface area contributed by atoms with Crippen molar-refractivity contribution < 1.29 is 0 Å². The van der Waals surface area contributed by atoms with E-state index < -0.39 is 0 Å². The number of unbranched alkanes of at least 4 members (excludes halogenated alkanes) is 3. The van der Waals surface area contributed by atoms with Crippen LogP contribution in [0.25, 0.3) is 0 Å². The van der Waals surface area contributed by atoms with Crippen LogP contribution in [0.2, 0.25) is 0 Å². The highest BCUT2D eigenvalue weighted by Gasteiger charge is 2.17. The van der Waals surface area contributed by atoms with Gasteiger partial charge < -0.3 is 9.80 Å². The number of hydrogen-bond acceptors (Lipinski definition) is 3. The van der Waals surface area contributed by atoms with Gasteiger partial charge in [-0.05, 0) is 54.8 Å². The zero-order valence-electron chi connectivity index (χ0n) is 15.8. The maximum Gasteiger partial charge on any atom is 0.0991 e. The van der Waals surface area contributed by atoms with Crippen molar-refractivity contribution in [2.24, 2.45) is 0 Å². The number of piperazine rings is 1. The Bertz CT molecular complexity index is 705. The number of benzene rings is 2. The Labute approximate surface area is 157 Å². The molecular formula is C23H29N3. The SMILES string of the molecule is CCCCCCc1ccc(N2CCN(c3ccc(C#N)cc3)CC2)cc1. The Kier molecular flexibility index (Phi) is 6.55. The van der Waals surface area contributed by atoms with Crippen LogP contribution < -0.4 is 9.80 Å². The van der Waals surface area contributed by atoms with Crippen LogP contribution in [0.1, 0.15) is 43.7 Å². The van der Waals surface area contributed by atoms with Crippen LogP contribution in [0, 0.1) is 11.3 Å². The normalized spacial score (nSPS) is 14.3. The zero-order chi connectivity index (χ0) is 18.2. The second-order valence-electron chi connectivity index (χ2n) is 7.11. The van der Waals surface area contributed by atoms with Crippen LogP contribution in [0.15, 0.2) is 48.5 Å². The molecule has 0 aromatic heterocycles. The van der Waals surface area contributed by atoms with Crippen molar-refractivity contribution in [2.75, 3.05) is 36.0 Å². The average Bonchev–Trinajstić information content (AvgIpc) is 2.72. The maximum atomic E-state index is 8.92. The average molecular weight is 348 g/mol. The van der Waals surface area contributed by atoms with E-state index in [-0.39, 0.29) is 0 Å². The Hall–Kier alpha value is -2.47. The summed E-state index contributed by atoms with van der Waals surface area (Å²) < 4.78 is 0. The Morgan fingerprint density at radius 1 is 0.769 bits per heavy atom. The van der Waals surface area contributed by atoms with Crippen molar-refractivity contribution in [2.45, 2.75) is 39.0 Å². The highest BCUT2D eigenvalue weighted by molar-refractivity contribution is 5.53. The third kappa shape index (κ3) is 4.79. The van der Waals surface area contributed by atoms with E-state index in [0.29, 0.717) is 0 Å². The minimum atomic E-state index is 0.724. The molecule has 26 heavy (non-hydrogen) atoms. The third-order valence-electron chi connectivity index (χ3n) is 5.26. The van der Waals surface area contributed by atoms with Gasteiger partial charge in [0, 0.05) is 37.6 Å². The molecule has 0 unspecified atom stereocenters. The standard InChI is InChI=1S/C23H29N3/c1-2-3-4-5-6-20-7-11-22(12-8-20)25-15-17-26(18-16-25)23-13-9-21(19-24)10-14-23/h7-14H,2-6,15-18H2,1H3. The number of rotatable bonds is 7. The predicted molar refractivity (Wildman–Crippen MR) is 110 cm³/mol. The highest BCUT2D eigenvalue weighted by atomic mass is 15.3. The van der Waals surface area contributed by atoms with Crippen LogP contribution in [0.3, 0.4) is 0 Å². The van der Waals surface area contributed by atoms with Gasteiger partial charge in [0.2, 0.25) is 0 Å². The summed E-state index contributed by atoms with van der Waals surface area (Å²) in [6.07, 6.45) is 6.49. The molecule has 0 saturated carbocycles. The molecule has 1 saturated heterocycles. The molecule has 0 N–H and O–H groups in total. The van der Waals surface area contributed by atoms with Crippen LogP contribution in [-0.4, -0.2) is 26.2 Å². The lowest BCUT2D eigenvalue weighted by Gasteiger charge is -2.37. The van der Waals surface area contributed by atoms with E-state index >= 15 is 0 Å². The lowest BCUT2D eigenvalue weighted by molar-refractivity contribution is 0.652. The van der Waals surface area contributed by atoms with Gasteiger partial charge in [0.25, 0.3) is 0 Å². The van der Waals surface area contributed by atoms with Gasteiger partial charge >= 0.3 is 0 Å². The molecule has 136 valence electrons. The van der Waals surface area contributed by atoms with Crippen molar-refractivity contribution in [3.05, 3.63) is 59.7 Å². The van der Waals surface area contributed by atoms with Crippen LogP contribution >= 0.6 is 0 Å². The van der Waals surface area contributed by atoms with Crippen molar-refractivity contribution in [3.63, 3.8) is 0 Å². The molecule has 1 heterocycles. The number of aryl methyl sites for hydroxylation is 1. The van der Waals surface area contributed by atoms with E-state index in [2.05, 4.69) is 59.2 Å². The molecule has 3 heteroatoms. The van der Waals surface area contributed by atoms with Crippen molar-refractivity contribution in [3.8, 4) is 6.07 Å². The van der Waals surface area contributed by atoms with Gasteiger partial charge in [0.1, 0.15) is 0 Å². The van der Waals surface area contributed by atoms with E-state index in [4.69, 9.17) is 5.26 Å². The largest absolute Gasteiger partial charge is 0.368 e. The predicted octanol–water partition coefficient (Wildman–Crippen LogP) is 5.01. The maximum absolute atomic E-state index is 8.92. The minimum Gasteiger partial charge on any atom is -0.368 e. The Morgan fingerprint density at radius 2 is 1.31 bits per heavy atom. The van der Waals surface area contributed by atoms with Gasteiger partial charge in [-0.2, -0.15) is 5.26 Å². The first-order chi connectivity index (χ1) is 12.8. The first kappa shape index (κ1) is 18.3. The monoisotopic (exact) mass is 347 g/mol. The molecule has 0 amide bonds. The van der Waals surface area contributed by atoms with Gasteiger partial charge in [-0.1, -0.05) is 38.3 Å². The van der Waals surface area contributed by atoms with E-state index in [1.54, 1.807) is 0 Å². The van der Waals surface area contributed by atoms with E-state index in [0.717, 1.165) is 31.7 Å². The van der Waals surface area contributed by atoms with Crippen molar-refractivity contribution >= 4 is 11.4 Å². The molecule has 3 nitrogen and oxygen atoms in total. The fourth-order valence-corrected chi connectivity index (χ4v) is 3.60. The molecule has 0 spiro atoms.